The monoisotopic (exact) mass is 294 g/mol. The molecule has 1 amide bonds. The predicted molar refractivity (Wildman–Crippen MR) is 82.0 cm³/mol. The fourth-order valence-corrected chi connectivity index (χ4v) is 1.60. The van der Waals surface area contributed by atoms with E-state index in [1.807, 2.05) is 13.0 Å². The Kier molecular flexibility index (Phi) is 7.93. The second-order valence-electron chi connectivity index (χ2n) is 4.19. The second-order valence-corrected chi connectivity index (χ2v) is 4.19. The summed E-state index contributed by atoms with van der Waals surface area (Å²) in [4.78, 5) is 11.5. The van der Waals surface area contributed by atoms with E-state index in [0.29, 0.717) is 31.2 Å². The highest BCUT2D eigenvalue weighted by molar-refractivity contribution is 5.91. The van der Waals surface area contributed by atoms with Crippen molar-refractivity contribution >= 4 is 17.7 Å². The number of rotatable bonds is 9. The van der Waals surface area contributed by atoms with Crippen LogP contribution in [-0.4, -0.2) is 44.0 Å². The van der Waals surface area contributed by atoms with Gasteiger partial charge >= 0.3 is 0 Å². The molecule has 1 aromatic carbocycles. The summed E-state index contributed by atoms with van der Waals surface area (Å²) < 4.78 is 10.4. The molecule has 0 aliphatic carbocycles. The number of benzene rings is 1. The highest BCUT2D eigenvalue weighted by Gasteiger charge is 2.00. The van der Waals surface area contributed by atoms with Gasteiger partial charge in [0.05, 0.1) is 32.1 Å². The minimum atomic E-state index is -0.213. The lowest BCUT2D eigenvalue weighted by Gasteiger charge is -2.07. The van der Waals surface area contributed by atoms with Crippen LogP contribution in [0.3, 0.4) is 0 Å². The van der Waals surface area contributed by atoms with Gasteiger partial charge in [0, 0.05) is 12.6 Å². The molecule has 0 saturated heterocycles. The number of carbonyl (C=O) groups is 1. The maximum Gasteiger partial charge on any atom is 0.244 e. The first-order chi connectivity index (χ1) is 10.2. The molecule has 0 spiro atoms. The normalized spacial score (nSPS) is 10.8. The number of nitrogen functional groups attached to an aromatic ring is 1. The van der Waals surface area contributed by atoms with Crippen molar-refractivity contribution in [3.05, 3.63) is 29.8 Å². The Morgan fingerprint density at radius 2 is 2.24 bits per heavy atom. The average Bonchev–Trinajstić information content (AvgIpc) is 2.47. The first-order valence-corrected chi connectivity index (χ1v) is 6.84. The van der Waals surface area contributed by atoms with E-state index < -0.39 is 0 Å². The molecule has 21 heavy (non-hydrogen) atoms. The molecule has 0 unspecified atom stereocenters. The SMILES string of the molecule is CCOc1ccc(/C=C\C(=O)NCCOCCO)cc1N. The van der Waals surface area contributed by atoms with Gasteiger partial charge in [0.15, 0.2) is 0 Å². The van der Waals surface area contributed by atoms with Crippen LogP contribution < -0.4 is 15.8 Å². The third-order valence-electron chi connectivity index (χ3n) is 2.54. The van der Waals surface area contributed by atoms with Crippen LogP contribution in [0.2, 0.25) is 0 Å². The zero-order valence-electron chi connectivity index (χ0n) is 12.2. The number of amides is 1. The molecule has 0 radical (unpaired) electrons. The molecule has 0 saturated carbocycles. The Hall–Kier alpha value is -2.05. The molecule has 6 heteroatoms. The van der Waals surface area contributed by atoms with Gasteiger partial charge in [0.1, 0.15) is 5.75 Å². The van der Waals surface area contributed by atoms with E-state index in [2.05, 4.69) is 5.32 Å². The molecule has 0 aromatic heterocycles. The summed E-state index contributed by atoms with van der Waals surface area (Å²) in [6, 6.07) is 5.35. The standard InChI is InChI=1S/C15H22N2O4/c1-2-21-14-5-3-12(11-13(14)16)4-6-15(19)17-7-9-20-10-8-18/h3-6,11,18H,2,7-10,16H2,1H3,(H,17,19)/b6-4-. The molecule has 4 N–H and O–H groups in total. The van der Waals surface area contributed by atoms with Gasteiger partial charge in [0.2, 0.25) is 5.91 Å². The fourth-order valence-electron chi connectivity index (χ4n) is 1.60. The summed E-state index contributed by atoms with van der Waals surface area (Å²) in [6.45, 7) is 3.47. The van der Waals surface area contributed by atoms with Crippen molar-refractivity contribution in [2.45, 2.75) is 6.92 Å². The van der Waals surface area contributed by atoms with Crippen LogP contribution in [0.5, 0.6) is 5.75 Å². The van der Waals surface area contributed by atoms with E-state index in [4.69, 9.17) is 20.3 Å². The van der Waals surface area contributed by atoms with Gasteiger partial charge in [-0.1, -0.05) is 6.07 Å². The Balaban J connectivity index is 2.41. The van der Waals surface area contributed by atoms with Crippen LogP contribution in [0, 0.1) is 0 Å². The van der Waals surface area contributed by atoms with Crippen LogP contribution in [0.1, 0.15) is 12.5 Å². The van der Waals surface area contributed by atoms with Crippen molar-refractivity contribution in [1.82, 2.24) is 5.32 Å². The van der Waals surface area contributed by atoms with E-state index in [1.165, 1.54) is 6.08 Å². The van der Waals surface area contributed by atoms with Gasteiger partial charge < -0.3 is 25.6 Å². The number of anilines is 1. The summed E-state index contributed by atoms with van der Waals surface area (Å²) in [6.07, 6.45) is 3.11. The van der Waals surface area contributed by atoms with Crippen molar-refractivity contribution in [3.63, 3.8) is 0 Å². The van der Waals surface area contributed by atoms with Crippen LogP contribution in [0.4, 0.5) is 5.69 Å². The summed E-state index contributed by atoms with van der Waals surface area (Å²) >= 11 is 0. The van der Waals surface area contributed by atoms with Crippen molar-refractivity contribution in [1.29, 1.82) is 0 Å². The molecule has 0 bridgehead atoms. The maximum atomic E-state index is 11.5. The predicted octanol–water partition coefficient (Wildman–Crippen LogP) is 0.806. The number of aliphatic hydroxyl groups is 1. The number of nitrogens with one attached hydrogen (secondary N) is 1. The third kappa shape index (κ3) is 6.78. The number of ether oxygens (including phenoxy) is 2. The van der Waals surface area contributed by atoms with Crippen LogP contribution in [0.15, 0.2) is 24.3 Å². The topological polar surface area (TPSA) is 93.8 Å². The molecule has 0 aliphatic heterocycles. The third-order valence-corrected chi connectivity index (χ3v) is 2.54. The van der Waals surface area contributed by atoms with E-state index in [1.54, 1.807) is 18.2 Å². The van der Waals surface area contributed by atoms with Gasteiger partial charge in [-0.2, -0.15) is 0 Å². The van der Waals surface area contributed by atoms with E-state index in [-0.39, 0.29) is 19.1 Å². The Morgan fingerprint density at radius 3 is 2.90 bits per heavy atom. The van der Waals surface area contributed by atoms with E-state index in [0.717, 1.165) is 5.56 Å². The second kappa shape index (κ2) is 9.79. The molecule has 6 nitrogen and oxygen atoms in total. The van der Waals surface area contributed by atoms with E-state index >= 15 is 0 Å². The number of hydrogen-bond acceptors (Lipinski definition) is 5. The average molecular weight is 294 g/mol. The van der Waals surface area contributed by atoms with Crippen LogP contribution >= 0.6 is 0 Å². The van der Waals surface area contributed by atoms with Gasteiger partial charge in [-0.05, 0) is 30.7 Å². The summed E-state index contributed by atoms with van der Waals surface area (Å²) in [7, 11) is 0. The number of hydrogen-bond donors (Lipinski definition) is 3. The van der Waals surface area contributed by atoms with E-state index in [9.17, 15) is 4.79 Å². The summed E-state index contributed by atoms with van der Waals surface area (Å²) in [5.41, 5.74) is 7.20. The van der Waals surface area contributed by atoms with Crippen molar-refractivity contribution in [3.8, 4) is 5.75 Å². The lowest BCUT2D eigenvalue weighted by atomic mass is 10.1. The summed E-state index contributed by atoms with van der Waals surface area (Å²) in [5, 5.41) is 11.2. The molecule has 116 valence electrons. The van der Waals surface area contributed by atoms with Crippen molar-refractivity contribution in [2.24, 2.45) is 0 Å². The Morgan fingerprint density at radius 1 is 1.43 bits per heavy atom. The number of carbonyl (C=O) groups excluding carboxylic acids is 1. The minimum absolute atomic E-state index is 0.0208. The molecule has 0 atom stereocenters. The molecule has 1 aromatic rings. The van der Waals surface area contributed by atoms with Crippen molar-refractivity contribution < 1.29 is 19.4 Å². The first kappa shape index (κ1) is 17.0. The molecule has 0 heterocycles. The highest BCUT2D eigenvalue weighted by Crippen LogP contribution is 2.22. The largest absolute Gasteiger partial charge is 0.492 e. The first-order valence-electron chi connectivity index (χ1n) is 6.84. The number of aliphatic hydroxyl groups excluding tert-OH is 1. The smallest absolute Gasteiger partial charge is 0.244 e. The molecule has 0 aliphatic rings. The molecular formula is C15H22N2O4. The zero-order valence-corrected chi connectivity index (χ0v) is 12.2. The lowest BCUT2D eigenvalue weighted by Crippen LogP contribution is -2.25. The lowest BCUT2D eigenvalue weighted by molar-refractivity contribution is -0.116. The van der Waals surface area contributed by atoms with Gasteiger partial charge in [-0.25, -0.2) is 0 Å². The maximum absolute atomic E-state index is 11.5. The van der Waals surface area contributed by atoms with Crippen LogP contribution in [0.25, 0.3) is 6.08 Å². The highest BCUT2D eigenvalue weighted by atomic mass is 16.5. The minimum Gasteiger partial charge on any atom is -0.492 e. The Bertz CT molecular complexity index is 475. The van der Waals surface area contributed by atoms with Crippen molar-refractivity contribution in [2.75, 3.05) is 38.7 Å². The molecular weight excluding hydrogens is 272 g/mol. The van der Waals surface area contributed by atoms with Gasteiger partial charge in [-0.15, -0.1) is 0 Å². The fraction of sp³-hybridized carbons (Fsp3) is 0.400. The van der Waals surface area contributed by atoms with Crippen LogP contribution in [-0.2, 0) is 9.53 Å². The molecule has 0 fully saturated rings. The number of nitrogens with two attached hydrogens (primary N) is 1. The molecule has 1 rings (SSSR count). The zero-order chi connectivity index (χ0) is 15.5. The summed E-state index contributed by atoms with van der Waals surface area (Å²) in [5.74, 6) is 0.426. The Labute approximate surface area is 124 Å². The van der Waals surface area contributed by atoms with Gasteiger partial charge in [-0.3, -0.25) is 4.79 Å². The van der Waals surface area contributed by atoms with Gasteiger partial charge in [0.25, 0.3) is 0 Å². The quantitative estimate of drug-likeness (QED) is 0.356.